The van der Waals surface area contributed by atoms with E-state index in [0.29, 0.717) is 0 Å². The highest BCUT2D eigenvalue weighted by Gasteiger charge is 2.15. The van der Waals surface area contributed by atoms with Crippen LogP contribution in [0.15, 0.2) is 23.3 Å². The second-order valence-corrected chi connectivity index (χ2v) is 5.68. The molecule has 0 saturated carbocycles. The third-order valence-corrected chi connectivity index (χ3v) is 3.99. The Labute approximate surface area is 126 Å². The van der Waals surface area contributed by atoms with Crippen molar-refractivity contribution in [3.8, 4) is 0 Å². The molecule has 0 unspecified atom stereocenters. The number of piperazine rings is 1. The average molecular weight is 288 g/mol. The molecule has 2 aliphatic rings. The molecule has 0 aromatic carbocycles. The minimum atomic E-state index is 0.787. The molecule has 0 amide bonds. The molecule has 1 fully saturated rings. The van der Waals surface area contributed by atoms with Gasteiger partial charge in [-0.25, -0.2) is 4.98 Å². The molecule has 0 spiro atoms. The molecule has 6 heteroatoms. The Morgan fingerprint density at radius 1 is 1.29 bits per heavy atom. The highest BCUT2D eigenvalue weighted by atomic mass is 15.3. The van der Waals surface area contributed by atoms with E-state index in [1.54, 1.807) is 0 Å². The van der Waals surface area contributed by atoms with Gasteiger partial charge in [0.05, 0.1) is 0 Å². The molecule has 3 heterocycles. The van der Waals surface area contributed by atoms with Crippen LogP contribution in [0.5, 0.6) is 0 Å². The number of nitrogens with one attached hydrogen (secondary N) is 2. The van der Waals surface area contributed by atoms with Gasteiger partial charge in [-0.1, -0.05) is 0 Å². The van der Waals surface area contributed by atoms with Crippen LogP contribution in [0, 0.1) is 0 Å². The number of aliphatic imine (C=N–C) groups is 1. The SMILES string of the molecule is CN1CCN(c2cc(CNC3=NCCCN3)ccn2)CC1. The number of guanidine groups is 1. The zero-order valence-electron chi connectivity index (χ0n) is 12.7. The van der Waals surface area contributed by atoms with Gasteiger partial charge in [0.1, 0.15) is 5.82 Å². The quantitative estimate of drug-likeness (QED) is 0.836. The third kappa shape index (κ3) is 3.85. The number of hydrogen-bond acceptors (Lipinski definition) is 6. The van der Waals surface area contributed by atoms with Crippen molar-refractivity contribution in [1.82, 2.24) is 20.5 Å². The molecule has 0 atom stereocenters. The highest BCUT2D eigenvalue weighted by molar-refractivity contribution is 5.80. The van der Waals surface area contributed by atoms with Crippen molar-refractivity contribution < 1.29 is 0 Å². The largest absolute Gasteiger partial charge is 0.356 e. The number of rotatable bonds is 3. The summed E-state index contributed by atoms with van der Waals surface area (Å²) >= 11 is 0. The van der Waals surface area contributed by atoms with E-state index in [2.05, 4.69) is 49.6 Å². The Morgan fingerprint density at radius 3 is 2.90 bits per heavy atom. The molecule has 3 rings (SSSR count). The van der Waals surface area contributed by atoms with Gasteiger partial charge >= 0.3 is 0 Å². The molecule has 1 saturated heterocycles. The molecule has 1 aromatic rings. The van der Waals surface area contributed by atoms with E-state index in [4.69, 9.17) is 0 Å². The molecule has 21 heavy (non-hydrogen) atoms. The van der Waals surface area contributed by atoms with Gasteiger partial charge in [-0.15, -0.1) is 0 Å². The number of hydrogen-bond donors (Lipinski definition) is 2. The zero-order chi connectivity index (χ0) is 14.5. The number of aromatic nitrogens is 1. The lowest BCUT2D eigenvalue weighted by molar-refractivity contribution is 0.312. The predicted molar refractivity (Wildman–Crippen MR) is 85.7 cm³/mol. The first kappa shape index (κ1) is 14.1. The van der Waals surface area contributed by atoms with Crippen LogP contribution in [0.25, 0.3) is 0 Å². The summed E-state index contributed by atoms with van der Waals surface area (Å²) in [6.07, 6.45) is 3.02. The summed E-state index contributed by atoms with van der Waals surface area (Å²) in [6.45, 7) is 7.01. The number of likely N-dealkylation sites (N-methyl/N-ethyl adjacent to an activating group) is 1. The van der Waals surface area contributed by atoms with Crippen LogP contribution < -0.4 is 15.5 Å². The minimum Gasteiger partial charge on any atom is -0.356 e. The molecule has 0 radical (unpaired) electrons. The molecule has 0 bridgehead atoms. The lowest BCUT2D eigenvalue weighted by atomic mass is 10.2. The van der Waals surface area contributed by atoms with Crippen LogP contribution in [0.1, 0.15) is 12.0 Å². The van der Waals surface area contributed by atoms with E-state index in [0.717, 1.165) is 64.0 Å². The first-order valence-corrected chi connectivity index (χ1v) is 7.72. The van der Waals surface area contributed by atoms with Gasteiger partial charge in [0.15, 0.2) is 5.96 Å². The highest BCUT2D eigenvalue weighted by Crippen LogP contribution is 2.14. The van der Waals surface area contributed by atoms with Gasteiger partial charge in [-0.2, -0.15) is 0 Å². The van der Waals surface area contributed by atoms with E-state index < -0.39 is 0 Å². The van der Waals surface area contributed by atoms with Crippen molar-refractivity contribution in [1.29, 1.82) is 0 Å². The monoisotopic (exact) mass is 288 g/mol. The van der Waals surface area contributed by atoms with Crippen LogP contribution >= 0.6 is 0 Å². The van der Waals surface area contributed by atoms with Gasteiger partial charge in [-0.3, -0.25) is 4.99 Å². The first-order valence-electron chi connectivity index (χ1n) is 7.72. The normalized spacial score (nSPS) is 19.9. The van der Waals surface area contributed by atoms with Gasteiger partial charge < -0.3 is 20.4 Å². The summed E-state index contributed by atoms with van der Waals surface area (Å²) < 4.78 is 0. The zero-order valence-corrected chi connectivity index (χ0v) is 12.7. The predicted octanol–water partition coefficient (Wildman–Crippen LogP) is 0.272. The van der Waals surface area contributed by atoms with Crippen LogP contribution in [-0.4, -0.2) is 62.2 Å². The maximum absolute atomic E-state index is 4.52. The summed E-state index contributed by atoms with van der Waals surface area (Å²) in [4.78, 5) is 13.7. The van der Waals surface area contributed by atoms with E-state index in [1.165, 1.54) is 5.56 Å². The first-order chi connectivity index (χ1) is 10.3. The summed E-state index contributed by atoms with van der Waals surface area (Å²) in [5, 5.41) is 6.64. The maximum Gasteiger partial charge on any atom is 0.191 e. The molecule has 1 aromatic heterocycles. The Hall–Kier alpha value is -1.82. The third-order valence-electron chi connectivity index (χ3n) is 3.99. The number of nitrogens with zero attached hydrogens (tertiary/aromatic N) is 4. The smallest absolute Gasteiger partial charge is 0.191 e. The van der Waals surface area contributed by atoms with Crippen LogP contribution in [0.2, 0.25) is 0 Å². The molecule has 2 N–H and O–H groups in total. The summed E-state index contributed by atoms with van der Waals surface area (Å²) in [6, 6.07) is 4.25. The number of pyridine rings is 1. The average Bonchev–Trinajstić information content (AvgIpc) is 2.55. The lowest BCUT2D eigenvalue weighted by Crippen LogP contribution is -2.44. The van der Waals surface area contributed by atoms with Crippen molar-refractivity contribution in [3.05, 3.63) is 23.9 Å². The molecule has 0 aliphatic carbocycles. The topological polar surface area (TPSA) is 55.8 Å². The van der Waals surface area contributed by atoms with E-state index in [-0.39, 0.29) is 0 Å². The molecule has 6 nitrogen and oxygen atoms in total. The van der Waals surface area contributed by atoms with E-state index >= 15 is 0 Å². The minimum absolute atomic E-state index is 0.787. The van der Waals surface area contributed by atoms with Gasteiger partial charge in [0.25, 0.3) is 0 Å². The van der Waals surface area contributed by atoms with Crippen LogP contribution in [0.3, 0.4) is 0 Å². The van der Waals surface area contributed by atoms with Crippen molar-refractivity contribution in [2.24, 2.45) is 4.99 Å². The Balaban J connectivity index is 1.59. The van der Waals surface area contributed by atoms with Crippen molar-refractivity contribution in [3.63, 3.8) is 0 Å². The second-order valence-electron chi connectivity index (χ2n) is 5.68. The van der Waals surface area contributed by atoms with Crippen LogP contribution in [-0.2, 0) is 6.54 Å². The standard InChI is InChI=1S/C15H24N6/c1-20-7-9-21(10-8-20)14-11-13(3-6-16-14)12-19-15-17-4-2-5-18-15/h3,6,11H,2,4-5,7-10,12H2,1H3,(H2,17,18,19). The summed E-state index contributed by atoms with van der Waals surface area (Å²) in [5.41, 5.74) is 1.24. The van der Waals surface area contributed by atoms with E-state index in [1.807, 2.05) is 6.20 Å². The molecule has 114 valence electrons. The van der Waals surface area contributed by atoms with E-state index in [9.17, 15) is 0 Å². The Kier molecular flexibility index (Phi) is 4.55. The van der Waals surface area contributed by atoms with Crippen molar-refractivity contribution in [2.45, 2.75) is 13.0 Å². The molecule has 2 aliphatic heterocycles. The molecular weight excluding hydrogens is 264 g/mol. The number of anilines is 1. The Morgan fingerprint density at radius 2 is 2.14 bits per heavy atom. The van der Waals surface area contributed by atoms with Crippen molar-refractivity contribution in [2.75, 3.05) is 51.2 Å². The second kappa shape index (κ2) is 6.76. The fourth-order valence-electron chi connectivity index (χ4n) is 2.62. The fraction of sp³-hybridized carbons (Fsp3) is 0.600. The van der Waals surface area contributed by atoms with Crippen LogP contribution in [0.4, 0.5) is 5.82 Å². The molecular formula is C15H24N6. The van der Waals surface area contributed by atoms with Crippen molar-refractivity contribution >= 4 is 11.8 Å². The maximum atomic E-state index is 4.52. The van der Waals surface area contributed by atoms with Gasteiger partial charge in [0, 0.05) is 52.0 Å². The fourth-order valence-corrected chi connectivity index (χ4v) is 2.62. The summed E-state index contributed by atoms with van der Waals surface area (Å²) in [7, 11) is 2.17. The Bertz CT molecular complexity index is 493. The lowest BCUT2D eigenvalue weighted by Gasteiger charge is -2.33. The van der Waals surface area contributed by atoms with Gasteiger partial charge in [-0.05, 0) is 31.2 Å². The summed E-state index contributed by atoms with van der Waals surface area (Å²) in [5.74, 6) is 2.00. The van der Waals surface area contributed by atoms with Gasteiger partial charge in [0.2, 0.25) is 0 Å².